The molecule has 0 fully saturated rings. The number of rotatable bonds is 3. The standard InChI is InChI=1S/C10H7BrClFN2S/c11-8-2-1-7(13)3-6(8)4-14-10-15-9(12)5-16-10/h1-3,5H,4H2,(H,14,15). The zero-order valence-corrected chi connectivity index (χ0v) is 11.2. The number of hydrogen-bond donors (Lipinski definition) is 1. The summed E-state index contributed by atoms with van der Waals surface area (Å²) in [5.74, 6) is -0.253. The first kappa shape index (κ1) is 11.8. The van der Waals surface area contributed by atoms with Crippen molar-refractivity contribution in [2.24, 2.45) is 0 Å². The van der Waals surface area contributed by atoms with E-state index in [0.29, 0.717) is 11.7 Å². The molecule has 0 unspecified atom stereocenters. The predicted molar refractivity (Wildman–Crippen MR) is 68.6 cm³/mol. The van der Waals surface area contributed by atoms with Crippen molar-refractivity contribution in [2.75, 3.05) is 5.32 Å². The summed E-state index contributed by atoms with van der Waals surface area (Å²) in [5.41, 5.74) is 0.839. The third-order valence-electron chi connectivity index (χ3n) is 1.91. The Kier molecular flexibility index (Phi) is 3.78. The Morgan fingerprint density at radius 3 is 3.00 bits per heavy atom. The molecule has 0 atom stereocenters. The van der Waals surface area contributed by atoms with Gasteiger partial charge in [-0.15, -0.1) is 11.3 Å². The highest BCUT2D eigenvalue weighted by atomic mass is 79.9. The molecule has 0 spiro atoms. The number of nitrogens with zero attached hydrogens (tertiary/aromatic N) is 1. The maximum Gasteiger partial charge on any atom is 0.184 e. The van der Waals surface area contributed by atoms with Crippen LogP contribution in [-0.2, 0) is 6.54 Å². The molecule has 2 nitrogen and oxygen atoms in total. The first-order valence-corrected chi connectivity index (χ1v) is 6.49. The van der Waals surface area contributed by atoms with E-state index < -0.39 is 0 Å². The molecule has 0 saturated heterocycles. The second kappa shape index (κ2) is 5.12. The van der Waals surface area contributed by atoms with Crippen LogP contribution in [-0.4, -0.2) is 4.98 Å². The first-order chi connectivity index (χ1) is 7.65. The Balaban J connectivity index is 2.07. The van der Waals surface area contributed by atoms with E-state index in [1.54, 1.807) is 11.4 Å². The summed E-state index contributed by atoms with van der Waals surface area (Å²) in [6.45, 7) is 0.502. The number of thiazole rings is 1. The lowest BCUT2D eigenvalue weighted by molar-refractivity contribution is 0.625. The van der Waals surface area contributed by atoms with Gasteiger partial charge in [0.1, 0.15) is 11.0 Å². The molecule has 2 aromatic rings. The molecule has 16 heavy (non-hydrogen) atoms. The predicted octanol–water partition coefficient (Wildman–Crippen LogP) is 4.31. The summed E-state index contributed by atoms with van der Waals surface area (Å²) in [4.78, 5) is 4.04. The number of aromatic nitrogens is 1. The Bertz CT molecular complexity index is 503. The highest BCUT2D eigenvalue weighted by Gasteiger charge is 2.03. The number of benzene rings is 1. The molecule has 0 aliphatic carbocycles. The fourth-order valence-corrected chi connectivity index (χ4v) is 2.41. The molecule has 0 amide bonds. The minimum absolute atomic E-state index is 0.253. The summed E-state index contributed by atoms with van der Waals surface area (Å²) in [6, 6.07) is 4.57. The number of nitrogens with one attached hydrogen (secondary N) is 1. The van der Waals surface area contributed by atoms with Gasteiger partial charge in [-0.1, -0.05) is 27.5 Å². The molecular formula is C10H7BrClFN2S. The molecule has 1 heterocycles. The Morgan fingerprint density at radius 2 is 2.31 bits per heavy atom. The van der Waals surface area contributed by atoms with Crippen molar-refractivity contribution < 1.29 is 4.39 Å². The van der Waals surface area contributed by atoms with Crippen LogP contribution in [0.1, 0.15) is 5.56 Å². The molecular weight excluding hydrogens is 315 g/mol. The van der Waals surface area contributed by atoms with Crippen molar-refractivity contribution >= 4 is 44.0 Å². The normalized spacial score (nSPS) is 10.4. The largest absolute Gasteiger partial charge is 0.357 e. The van der Waals surface area contributed by atoms with Crippen LogP contribution in [0, 0.1) is 5.82 Å². The van der Waals surface area contributed by atoms with Crippen LogP contribution in [0.15, 0.2) is 28.1 Å². The van der Waals surface area contributed by atoms with Crippen LogP contribution in [0.3, 0.4) is 0 Å². The third-order valence-corrected chi connectivity index (χ3v) is 3.81. The van der Waals surface area contributed by atoms with Crippen LogP contribution < -0.4 is 5.32 Å². The van der Waals surface area contributed by atoms with Gasteiger partial charge in [-0.05, 0) is 23.8 Å². The van der Waals surface area contributed by atoms with Crippen molar-refractivity contribution in [3.8, 4) is 0 Å². The van der Waals surface area contributed by atoms with Gasteiger partial charge in [0, 0.05) is 16.4 Å². The molecule has 0 saturated carbocycles. The van der Waals surface area contributed by atoms with Gasteiger partial charge in [-0.25, -0.2) is 9.37 Å². The van der Waals surface area contributed by atoms with E-state index in [9.17, 15) is 4.39 Å². The summed E-state index contributed by atoms with van der Waals surface area (Å²) in [5, 5.41) is 6.00. The van der Waals surface area contributed by atoms with E-state index in [-0.39, 0.29) is 5.82 Å². The van der Waals surface area contributed by atoms with Gasteiger partial charge in [0.25, 0.3) is 0 Å². The van der Waals surface area contributed by atoms with Crippen LogP contribution in [0.2, 0.25) is 5.15 Å². The lowest BCUT2D eigenvalue weighted by Crippen LogP contribution is -2.00. The van der Waals surface area contributed by atoms with Crippen molar-refractivity contribution in [1.29, 1.82) is 0 Å². The fourth-order valence-electron chi connectivity index (χ4n) is 1.18. The van der Waals surface area contributed by atoms with Gasteiger partial charge >= 0.3 is 0 Å². The van der Waals surface area contributed by atoms with Crippen LogP contribution in [0.25, 0.3) is 0 Å². The molecule has 6 heteroatoms. The van der Waals surface area contributed by atoms with E-state index in [4.69, 9.17) is 11.6 Å². The quantitative estimate of drug-likeness (QED) is 0.911. The van der Waals surface area contributed by atoms with E-state index in [1.165, 1.54) is 23.5 Å². The zero-order chi connectivity index (χ0) is 11.5. The lowest BCUT2D eigenvalue weighted by Gasteiger charge is -2.05. The van der Waals surface area contributed by atoms with Gasteiger partial charge in [-0.2, -0.15) is 0 Å². The van der Waals surface area contributed by atoms with Crippen molar-refractivity contribution in [1.82, 2.24) is 4.98 Å². The van der Waals surface area contributed by atoms with Crippen molar-refractivity contribution in [3.05, 3.63) is 44.6 Å². The minimum atomic E-state index is -0.253. The molecule has 1 aromatic heterocycles. The first-order valence-electron chi connectivity index (χ1n) is 4.44. The monoisotopic (exact) mass is 320 g/mol. The second-order valence-corrected chi connectivity index (χ2v) is 5.16. The molecule has 0 bridgehead atoms. The van der Waals surface area contributed by atoms with Crippen LogP contribution in [0.4, 0.5) is 9.52 Å². The van der Waals surface area contributed by atoms with E-state index in [1.807, 2.05) is 0 Å². The highest BCUT2D eigenvalue weighted by molar-refractivity contribution is 9.10. The summed E-state index contributed by atoms with van der Waals surface area (Å²) in [7, 11) is 0. The molecule has 1 aromatic carbocycles. The molecule has 0 aliphatic heterocycles. The Morgan fingerprint density at radius 1 is 1.50 bits per heavy atom. The Labute approximate surface area is 110 Å². The average molecular weight is 322 g/mol. The number of hydrogen-bond acceptors (Lipinski definition) is 3. The van der Waals surface area contributed by atoms with E-state index in [2.05, 4.69) is 26.2 Å². The maximum atomic E-state index is 13.0. The lowest BCUT2D eigenvalue weighted by atomic mass is 10.2. The average Bonchev–Trinajstić information content (AvgIpc) is 2.66. The summed E-state index contributed by atoms with van der Waals surface area (Å²) < 4.78 is 13.9. The molecule has 0 aliphatic rings. The zero-order valence-electron chi connectivity index (χ0n) is 8.01. The number of halogens is 3. The van der Waals surface area contributed by atoms with Gasteiger partial charge in [0.2, 0.25) is 0 Å². The molecule has 0 radical (unpaired) electrons. The summed E-state index contributed by atoms with van der Waals surface area (Å²) >= 11 is 10.5. The number of anilines is 1. The van der Waals surface area contributed by atoms with Gasteiger partial charge in [0.15, 0.2) is 5.13 Å². The van der Waals surface area contributed by atoms with E-state index in [0.717, 1.165) is 15.2 Å². The summed E-state index contributed by atoms with van der Waals surface area (Å²) in [6.07, 6.45) is 0. The minimum Gasteiger partial charge on any atom is -0.357 e. The molecule has 2 rings (SSSR count). The van der Waals surface area contributed by atoms with Crippen molar-refractivity contribution in [3.63, 3.8) is 0 Å². The topological polar surface area (TPSA) is 24.9 Å². The third kappa shape index (κ3) is 2.93. The smallest absolute Gasteiger partial charge is 0.184 e. The highest BCUT2D eigenvalue weighted by Crippen LogP contribution is 2.22. The molecule has 1 N–H and O–H groups in total. The maximum absolute atomic E-state index is 13.0. The van der Waals surface area contributed by atoms with Gasteiger partial charge in [0.05, 0.1) is 0 Å². The van der Waals surface area contributed by atoms with Gasteiger partial charge < -0.3 is 5.32 Å². The second-order valence-electron chi connectivity index (χ2n) is 3.06. The van der Waals surface area contributed by atoms with Crippen molar-refractivity contribution in [2.45, 2.75) is 6.54 Å². The van der Waals surface area contributed by atoms with Crippen LogP contribution >= 0.6 is 38.9 Å². The molecule has 84 valence electrons. The fraction of sp³-hybridized carbons (Fsp3) is 0.100. The van der Waals surface area contributed by atoms with E-state index >= 15 is 0 Å². The van der Waals surface area contributed by atoms with Gasteiger partial charge in [-0.3, -0.25) is 0 Å². The SMILES string of the molecule is Fc1ccc(Br)c(CNc2nc(Cl)cs2)c1. The van der Waals surface area contributed by atoms with Crippen LogP contribution in [0.5, 0.6) is 0 Å². The Hall–Kier alpha value is -0.650.